The Labute approximate surface area is 169 Å². The molecular formula is C22H21ClN4O. The molecule has 5 nitrogen and oxygen atoms in total. The summed E-state index contributed by atoms with van der Waals surface area (Å²) in [5.41, 5.74) is 2.49. The second kappa shape index (κ2) is 8.31. The first-order valence-electron chi connectivity index (χ1n) is 9.27. The van der Waals surface area contributed by atoms with E-state index < -0.39 is 0 Å². The van der Waals surface area contributed by atoms with E-state index in [4.69, 9.17) is 11.6 Å². The molecule has 0 radical (unpaired) electrons. The molecule has 2 aromatic carbocycles. The van der Waals surface area contributed by atoms with Crippen LogP contribution in [0.4, 0.5) is 17.2 Å². The van der Waals surface area contributed by atoms with Crippen LogP contribution in [0.3, 0.4) is 0 Å². The molecule has 1 fully saturated rings. The molecule has 4 rings (SSSR count). The molecule has 1 aliphatic heterocycles. The van der Waals surface area contributed by atoms with Crippen LogP contribution in [0, 0.1) is 0 Å². The lowest BCUT2D eigenvalue weighted by molar-refractivity contribution is 0.102. The third-order valence-electron chi connectivity index (χ3n) is 4.84. The summed E-state index contributed by atoms with van der Waals surface area (Å²) in [6.45, 7) is 3.70. The normalized spacial score (nSPS) is 14.0. The number of hydrogen-bond acceptors (Lipinski definition) is 4. The zero-order valence-electron chi connectivity index (χ0n) is 15.4. The lowest BCUT2D eigenvalue weighted by atomic mass is 10.2. The maximum absolute atomic E-state index is 12.4. The molecule has 1 aliphatic rings. The van der Waals surface area contributed by atoms with E-state index >= 15 is 0 Å². The van der Waals surface area contributed by atoms with Crippen molar-refractivity contribution in [2.45, 2.75) is 0 Å². The van der Waals surface area contributed by atoms with E-state index in [0.29, 0.717) is 16.3 Å². The molecule has 0 bridgehead atoms. The molecule has 0 saturated carbocycles. The van der Waals surface area contributed by atoms with Gasteiger partial charge in [-0.2, -0.15) is 0 Å². The lowest BCUT2D eigenvalue weighted by Gasteiger charge is -2.36. The van der Waals surface area contributed by atoms with Gasteiger partial charge < -0.3 is 15.1 Å². The third kappa shape index (κ3) is 4.26. The van der Waals surface area contributed by atoms with Crippen LogP contribution in [0.5, 0.6) is 0 Å². The summed E-state index contributed by atoms with van der Waals surface area (Å²) in [6.07, 6.45) is 1.63. The van der Waals surface area contributed by atoms with Gasteiger partial charge in [0.1, 0.15) is 5.82 Å². The van der Waals surface area contributed by atoms with Crippen LogP contribution in [0.2, 0.25) is 5.02 Å². The number of nitrogens with zero attached hydrogens (tertiary/aromatic N) is 3. The van der Waals surface area contributed by atoms with Crippen LogP contribution in [0.1, 0.15) is 10.4 Å². The monoisotopic (exact) mass is 392 g/mol. The van der Waals surface area contributed by atoms with E-state index in [0.717, 1.165) is 32.0 Å². The average Bonchev–Trinajstić information content (AvgIpc) is 2.76. The van der Waals surface area contributed by atoms with Crippen LogP contribution in [0.25, 0.3) is 0 Å². The molecule has 1 aromatic heterocycles. The summed E-state index contributed by atoms with van der Waals surface area (Å²) in [5, 5.41) is 3.49. The zero-order valence-corrected chi connectivity index (χ0v) is 16.1. The van der Waals surface area contributed by atoms with Gasteiger partial charge >= 0.3 is 0 Å². The number of nitrogens with one attached hydrogen (secondary N) is 1. The molecule has 1 N–H and O–H groups in total. The van der Waals surface area contributed by atoms with Crippen LogP contribution in [0.15, 0.2) is 72.9 Å². The van der Waals surface area contributed by atoms with Crippen molar-refractivity contribution in [2.24, 2.45) is 0 Å². The number of carbonyl (C=O) groups excluding carboxylic acids is 1. The van der Waals surface area contributed by atoms with Crippen molar-refractivity contribution in [3.05, 3.63) is 83.5 Å². The van der Waals surface area contributed by atoms with E-state index in [1.807, 2.05) is 18.2 Å². The van der Waals surface area contributed by atoms with E-state index in [1.54, 1.807) is 30.5 Å². The highest BCUT2D eigenvalue weighted by molar-refractivity contribution is 6.30. The van der Waals surface area contributed by atoms with E-state index in [9.17, 15) is 4.79 Å². The molecule has 1 amide bonds. The Balaban J connectivity index is 1.36. The predicted octanol–water partition coefficient (Wildman–Crippen LogP) is 4.31. The molecule has 3 aromatic rings. The van der Waals surface area contributed by atoms with Gasteiger partial charge in [0.15, 0.2) is 0 Å². The van der Waals surface area contributed by atoms with E-state index in [2.05, 4.69) is 44.4 Å². The van der Waals surface area contributed by atoms with Crippen LogP contribution in [-0.2, 0) is 0 Å². The smallest absolute Gasteiger partial charge is 0.257 e. The predicted molar refractivity (Wildman–Crippen MR) is 115 cm³/mol. The number of carbonyl (C=O) groups is 1. The number of amides is 1. The number of aromatic nitrogens is 1. The summed E-state index contributed by atoms with van der Waals surface area (Å²) >= 11 is 5.87. The molecule has 0 atom stereocenters. The molecule has 28 heavy (non-hydrogen) atoms. The molecule has 6 heteroatoms. The fraction of sp³-hybridized carbons (Fsp3) is 0.182. The van der Waals surface area contributed by atoms with Crippen molar-refractivity contribution in [3.8, 4) is 0 Å². The Bertz CT molecular complexity index is 921. The Morgan fingerprint density at radius 2 is 1.54 bits per heavy atom. The van der Waals surface area contributed by atoms with Crippen molar-refractivity contribution in [2.75, 3.05) is 41.3 Å². The van der Waals surface area contributed by atoms with Crippen LogP contribution in [-0.4, -0.2) is 37.1 Å². The highest BCUT2D eigenvalue weighted by atomic mass is 35.5. The summed E-state index contributed by atoms with van der Waals surface area (Å²) < 4.78 is 0. The van der Waals surface area contributed by atoms with Gasteiger partial charge in [-0.25, -0.2) is 4.98 Å². The first kappa shape index (κ1) is 18.3. The Morgan fingerprint density at radius 3 is 2.18 bits per heavy atom. The fourth-order valence-electron chi connectivity index (χ4n) is 3.28. The first-order valence-corrected chi connectivity index (χ1v) is 9.65. The third-order valence-corrected chi connectivity index (χ3v) is 5.09. The van der Waals surface area contributed by atoms with Crippen LogP contribution >= 0.6 is 11.6 Å². The standard InChI is InChI=1S/C22H21ClN4O/c23-18-7-9-19(10-8-18)25-22(28)17-6-11-21(24-16-17)27-14-12-26(13-15-27)20-4-2-1-3-5-20/h1-11,16H,12-15H2,(H,25,28). The average molecular weight is 393 g/mol. The minimum Gasteiger partial charge on any atom is -0.368 e. The second-order valence-corrected chi connectivity index (χ2v) is 7.11. The largest absolute Gasteiger partial charge is 0.368 e. The van der Waals surface area contributed by atoms with Gasteiger partial charge in [0.25, 0.3) is 5.91 Å². The maximum Gasteiger partial charge on any atom is 0.257 e. The Hall–Kier alpha value is -3.05. The highest BCUT2D eigenvalue weighted by Gasteiger charge is 2.18. The second-order valence-electron chi connectivity index (χ2n) is 6.68. The molecule has 142 valence electrons. The minimum absolute atomic E-state index is 0.185. The van der Waals surface area contributed by atoms with Gasteiger partial charge in [-0.15, -0.1) is 0 Å². The number of halogens is 1. The van der Waals surface area contributed by atoms with E-state index in [-0.39, 0.29) is 5.91 Å². The van der Waals surface area contributed by atoms with Crippen LogP contribution < -0.4 is 15.1 Å². The van der Waals surface area contributed by atoms with Gasteiger partial charge in [0, 0.05) is 48.8 Å². The summed E-state index contributed by atoms with van der Waals surface area (Å²) in [6, 6.07) is 21.2. The Kier molecular flexibility index (Phi) is 5.44. The number of piperazine rings is 1. The maximum atomic E-state index is 12.4. The number of rotatable bonds is 4. The van der Waals surface area contributed by atoms with Crippen molar-refractivity contribution < 1.29 is 4.79 Å². The summed E-state index contributed by atoms with van der Waals surface area (Å²) in [4.78, 5) is 21.5. The summed E-state index contributed by atoms with van der Waals surface area (Å²) in [7, 11) is 0. The quantitative estimate of drug-likeness (QED) is 0.718. The van der Waals surface area contributed by atoms with Crippen molar-refractivity contribution in [1.82, 2.24) is 4.98 Å². The number of pyridine rings is 1. The van der Waals surface area contributed by atoms with Gasteiger partial charge in [0.05, 0.1) is 5.56 Å². The number of benzene rings is 2. The molecule has 2 heterocycles. The molecule has 0 aliphatic carbocycles. The first-order chi connectivity index (χ1) is 13.7. The van der Waals surface area contributed by atoms with Crippen molar-refractivity contribution in [3.63, 3.8) is 0 Å². The minimum atomic E-state index is -0.185. The topological polar surface area (TPSA) is 48.5 Å². The fourth-order valence-corrected chi connectivity index (χ4v) is 3.40. The van der Waals surface area contributed by atoms with Gasteiger partial charge in [-0.1, -0.05) is 29.8 Å². The Morgan fingerprint density at radius 1 is 0.857 bits per heavy atom. The van der Waals surface area contributed by atoms with Gasteiger partial charge in [-0.3, -0.25) is 4.79 Å². The SMILES string of the molecule is O=C(Nc1ccc(Cl)cc1)c1ccc(N2CCN(c3ccccc3)CC2)nc1. The summed E-state index contributed by atoms with van der Waals surface area (Å²) in [5.74, 6) is 0.714. The van der Waals surface area contributed by atoms with Crippen molar-refractivity contribution >= 4 is 34.7 Å². The van der Waals surface area contributed by atoms with Gasteiger partial charge in [0.2, 0.25) is 0 Å². The van der Waals surface area contributed by atoms with Gasteiger partial charge in [-0.05, 0) is 48.5 Å². The number of hydrogen-bond donors (Lipinski definition) is 1. The number of para-hydroxylation sites is 1. The molecule has 0 spiro atoms. The lowest BCUT2D eigenvalue weighted by Crippen LogP contribution is -2.46. The molecular weight excluding hydrogens is 372 g/mol. The number of anilines is 3. The van der Waals surface area contributed by atoms with Crippen molar-refractivity contribution in [1.29, 1.82) is 0 Å². The van der Waals surface area contributed by atoms with E-state index in [1.165, 1.54) is 5.69 Å². The molecule has 0 unspecified atom stereocenters. The molecule has 1 saturated heterocycles. The highest BCUT2D eigenvalue weighted by Crippen LogP contribution is 2.20. The zero-order chi connectivity index (χ0) is 19.3.